The van der Waals surface area contributed by atoms with Gasteiger partial charge in [0.25, 0.3) is 0 Å². The summed E-state index contributed by atoms with van der Waals surface area (Å²) in [6, 6.07) is -8.49. The van der Waals surface area contributed by atoms with E-state index in [0.29, 0.717) is 16.4 Å². The standard InChI is InChI=1S/C51H31N5O/c1-3-14-32(15-4-1)34-26-28-38-36-18-7-10-22-42(36)55(44(38)30-34)50-52-49(41-21-13-25-47-48(41)40-20-9-12-24-46(40)57-47)53-51(54-50)56-43-23-11-8-19-37(43)39-29-27-35(31-45(39)56)33-16-5-2-6-17-33/h1-31H/i1D,2D,3D,4D,5D,6D,7D,8D,10D,11D,14D,15D,16D,17D,18D,19D,22D,23D,26D,27D,28D,29D,30D,31D. The molecular weight excluding hydrogens is 699 g/mol. The van der Waals surface area contributed by atoms with Gasteiger partial charge in [-0.25, -0.2) is 0 Å². The van der Waals surface area contributed by atoms with Crippen molar-refractivity contribution in [2.24, 2.45) is 0 Å². The van der Waals surface area contributed by atoms with Gasteiger partial charge in [-0.1, -0.05) is 151 Å². The van der Waals surface area contributed by atoms with E-state index in [1.807, 2.05) is 0 Å². The molecule has 0 aliphatic rings. The Morgan fingerprint density at radius 1 is 0.404 bits per heavy atom. The maximum absolute atomic E-state index is 9.95. The lowest BCUT2D eigenvalue weighted by atomic mass is 10.0. The van der Waals surface area contributed by atoms with E-state index in [2.05, 4.69) is 0 Å². The number of fused-ring (bicyclic) bond motifs is 9. The first-order valence-corrected chi connectivity index (χ1v) is 17.2. The highest BCUT2D eigenvalue weighted by Crippen LogP contribution is 2.39. The summed E-state index contributed by atoms with van der Waals surface area (Å²) in [4.78, 5) is 14.6. The highest BCUT2D eigenvalue weighted by Gasteiger charge is 2.23. The highest BCUT2D eigenvalue weighted by molar-refractivity contribution is 6.13. The monoisotopic (exact) mass is 753 g/mol. The summed E-state index contributed by atoms with van der Waals surface area (Å²) in [5.41, 5.74) is -4.09. The second kappa shape index (κ2) is 12.3. The summed E-state index contributed by atoms with van der Waals surface area (Å²) in [5.74, 6) is -1.74. The quantitative estimate of drug-likeness (QED) is 0.176. The maximum atomic E-state index is 9.95. The van der Waals surface area contributed by atoms with Crippen LogP contribution in [0.25, 0.3) is 111 Å². The first-order chi connectivity index (χ1) is 38.3. The molecule has 6 nitrogen and oxygen atoms in total. The van der Waals surface area contributed by atoms with Crippen LogP contribution in [-0.2, 0) is 0 Å². The summed E-state index contributed by atoms with van der Waals surface area (Å²) < 4.78 is 224. The number of hydrogen-bond acceptors (Lipinski definition) is 4. The van der Waals surface area contributed by atoms with Gasteiger partial charge in [-0.3, -0.25) is 9.13 Å². The molecule has 6 heteroatoms. The lowest BCUT2D eigenvalue weighted by Crippen LogP contribution is -2.10. The third-order valence-corrected chi connectivity index (χ3v) is 9.47. The Morgan fingerprint density at radius 3 is 1.51 bits per heavy atom. The van der Waals surface area contributed by atoms with Crippen LogP contribution in [0.2, 0.25) is 0 Å². The zero-order chi connectivity index (χ0) is 58.3. The molecular formula is C51H31N5O. The van der Waals surface area contributed by atoms with Crippen LogP contribution in [0, 0.1) is 0 Å². The topological polar surface area (TPSA) is 61.7 Å². The Bertz CT molecular complexity index is 4650. The van der Waals surface area contributed by atoms with Crippen molar-refractivity contribution in [2.45, 2.75) is 0 Å². The molecule has 0 fully saturated rings. The molecule has 4 heterocycles. The third-order valence-electron chi connectivity index (χ3n) is 9.47. The maximum Gasteiger partial charge on any atom is 0.240 e. The summed E-state index contributed by atoms with van der Waals surface area (Å²) in [5, 5.41) is -0.963. The van der Waals surface area contributed by atoms with Crippen molar-refractivity contribution in [1.82, 2.24) is 24.1 Å². The minimum atomic E-state index is -0.870. The van der Waals surface area contributed by atoms with Crippen molar-refractivity contribution in [3.8, 4) is 45.5 Å². The highest BCUT2D eigenvalue weighted by atomic mass is 16.3. The van der Waals surface area contributed by atoms with Crippen LogP contribution >= 0.6 is 0 Å². The normalized spacial score (nSPS) is 17.8. The molecule has 12 aromatic rings. The van der Waals surface area contributed by atoms with Crippen LogP contribution in [0.3, 0.4) is 0 Å². The van der Waals surface area contributed by atoms with Gasteiger partial charge < -0.3 is 4.42 Å². The van der Waals surface area contributed by atoms with Crippen molar-refractivity contribution in [3.63, 3.8) is 0 Å². The van der Waals surface area contributed by atoms with E-state index in [9.17, 15) is 13.7 Å². The molecule has 0 amide bonds. The van der Waals surface area contributed by atoms with E-state index in [1.54, 1.807) is 42.5 Å². The Balaban J connectivity index is 1.35. The number of nitrogens with zero attached hydrogens (tertiary/aromatic N) is 5. The molecule has 4 aromatic heterocycles. The summed E-state index contributed by atoms with van der Waals surface area (Å²) in [6.07, 6.45) is 0. The number of hydrogen-bond donors (Lipinski definition) is 0. The first-order valence-electron chi connectivity index (χ1n) is 29.2. The zero-order valence-corrected chi connectivity index (χ0v) is 28.7. The van der Waals surface area contributed by atoms with E-state index >= 15 is 0 Å². The molecule has 0 atom stereocenters. The Labute approximate surface area is 360 Å². The molecule has 0 N–H and O–H groups in total. The van der Waals surface area contributed by atoms with Crippen molar-refractivity contribution in [1.29, 1.82) is 0 Å². The molecule has 0 spiro atoms. The number of aromatic nitrogens is 5. The van der Waals surface area contributed by atoms with Crippen LogP contribution in [0.5, 0.6) is 0 Å². The van der Waals surface area contributed by atoms with Crippen molar-refractivity contribution in [3.05, 3.63) is 187 Å². The molecule has 266 valence electrons. The van der Waals surface area contributed by atoms with E-state index in [0.717, 1.165) is 9.13 Å². The average molecular weight is 754 g/mol. The molecule has 0 bridgehead atoms. The van der Waals surface area contributed by atoms with Gasteiger partial charge in [-0.05, 0) is 58.6 Å². The molecule has 0 saturated heterocycles. The van der Waals surface area contributed by atoms with Crippen LogP contribution in [0.4, 0.5) is 0 Å². The van der Waals surface area contributed by atoms with Gasteiger partial charge in [0.15, 0.2) is 5.82 Å². The molecule has 0 aliphatic carbocycles. The minimum absolute atomic E-state index is 0.147. The number of para-hydroxylation sites is 3. The lowest BCUT2D eigenvalue weighted by molar-refractivity contribution is 0.669. The fourth-order valence-corrected chi connectivity index (χ4v) is 7.06. The third kappa shape index (κ3) is 4.87. The van der Waals surface area contributed by atoms with Gasteiger partial charge in [0.2, 0.25) is 11.9 Å². The van der Waals surface area contributed by atoms with Crippen molar-refractivity contribution < 1.29 is 37.3 Å². The number of rotatable bonds is 5. The number of furan rings is 1. The largest absolute Gasteiger partial charge is 0.456 e. The predicted octanol–water partition coefficient (Wildman–Crippen LogP) is 13.0. The second-order valence-electron chi connectivity index (χ2n) is 12.6. The zero-order valence-electron chi connectivity index (χ0n) is 52.7. The molecule has 0 radical (unpaired) electrons. The van der Waals surface area contributed by atoms with Gasteiger partial charge in [0.05, 0.1) is 55.0 Å². The fourth-order valence-electron chi connectivity index (χ4n) is 7.06. The van der Waals surface area contributed by atoms with E-state index < -0.39 is 223 Å². The average Bonchev–Trinajstić information content (AvgIpc) is 4.34. The molecule has 0 aliphatic heterocycles. The van der Waals surface area contributed by atoms with Crippen LogP contribution < -0.4 is 0 Å². The minimum Gasteiger partial charge on any atom is -0.456 e. The van der Waals surface area contributed by atoms with Gasteiger partial charge in [-0.2, -0.15) is 15.0 Å². The summed E-state index contributed by atoms with van der Waals surface area (Å²) in [6.45, 7) is 0. The van der Waals surface area contributed by atoms with Gasteiger partial charge in [0.1, 0.15) is 11.2 Å². The van der Waals surface area contributed by atoms with Crippen LogP contribution in [-0.4, -0.2) is 24.1 Å². The second-order valence-corrected chi connectivity index (χ2v) is 12.6. The lowest BCUT2D eigenvalue weighted by Gasteiger charge is -2.13. The van der Waals surface area contributed by atoms with Gasteiger partial charge in [0, 0.05) is 37.9 Å². The molecule has 0 saturated carbocycles. The van der Waals surface area contributed by atoms with Crippen LogP contribution in [0.15, 0.2) is 192 Å². The smallest absolute Gasteiger partial charge is 0.240 e. The van der Waals surface area contributed by atoms with Crippen molar-refractivity contribution >= 4 is 65.6 Å². The van der Waals surface area contributed by atoms with E-state index in [1.165, 1.54) is 0 Å². The Morgan fingerprint density at radius 2 is 0.912 bits per heavy atom. The summed E-state index contributed by atoms with van der Waals surface area (Å²) >= 11 is 0. The summed E-state index contributed by atoms with van der Waals surface area (Å²) in [7, 11) is 0. The SMILES string of the molecule is [2H]c1c([2H])c([2H])c(-c2c([2H])c([2H])c3c4c([2H])c([2H])c([2H])c([2H])c4n(-c4nc(-c5cccc6oc7ccccc7c56)nc(-n5c6c([2H])c([2H])c([2H])c([2H])c6c6c([2H])c([2H])c(-c7c([2H])c([2H])c([2H])c([2H])c7[2H])c([2H])c65)n4)c3c2[2H])c([2H])c1[2H]. The van der Waals surface area contributed by atoms with Gasteiger partial charge >= 0.3 is 0 Å². The number of benzene rings is 8. The Kier molecular flexibility index (Phi) is 3.49. The predicted molar refractivity (Wildman–Crippen MR) is 232 cm³/mol. The molecule has 0 unspecified atom stereocenters. The van der Waals surface area contributed by atoms with E-state index in [4.69, 9.17) is 38.6 Å². The molecule has 8 aromatic carbocycles. The first kappa shape index (κ1) is 16.1. The van der Waals surface area contributed by atoms with Crippen LogP contribution in [0.1, 0.15) is 32.9 Å². The Hall–Kier alpha value is -7.83. The van der Waals surface area contributed by atoms with Crippen molar-refractivity contribution in [2.75, 3.05) is 0 Å². The van der Waals surface area contributed by atoms with Gasteiger partial charge in [-0.15, -0.1) is 0 Å². The fraction of sp³-hybridized carbons (Fsp3) is 0. The molecule has 12 rings (SSSR count). The molecule has 57 heavy (non-hydrogen) atoms. The van der Waals surface area contributed by atoms with E-state index in [-0.39, 0.29) is 17.0 Å².